The number of hydrogen-bond acceptors (Lipinski definition) is 3. The molecule has 0 atom stereocenters. The van der Waals surface area contributed by atoms with Crippen LogP contribution in [0.15, 0.2) is 18.2 Å². The van der Waals surface area contributed by atoms with Crippen molar-refractivity contribution in [2.24, 2.45) is 0 Å². The molecule has 1 fully saturated rings. The van der Waals surface area contributed by atoms with Gasteiger partial charge in [0.1, 0.15) is 0 Å². The number of nitro groups is 1. The van der Waals surface area contributed by atoms with E-state index in [-0.39, 0.29) is 11.7 Å². The lowest BCUT2D eigenvalue weighted by molar-refractivity contribution is -0.385. The molecule has 6 nitrogen and oxygen atoms in total. The highest BCUT2D eigenvalue weighted by Crippen LogP contribution is 2.25. The van der Waals surface area contributed by atoms with Crippen LogP contribution in [-0.2, 0) is 0 Å². The van der Waals surface area contributed by atoms with E-state index in [1.54, 1.807) is 24.0 Å². The van der Waals surface area contributed by atoms with E-state index >= 15 is 0 Å². The molecule has 0 aromatic heterocycles. The normalized spacial score (nSPS) is 15.6. The second kappa shape index (κ2) is 6.36. The molecule has 1 N–H and O–H groups in total. The fourth-order valence-corrected chi connectivity index (χ4v) is 2.42. The highest BCUT2D eigenvalue weighted by atomic mass is 16.6. The van der Waals surface area contributed by atoms with Gasteiger partial charge < -0.3 is 10.2 Å². The van der Waals surface area contributed by atoms with Crippen LogP contribution in [0.5, 0.6) is 0 Å². The summed E-state index contributed by atoms with van der Waals surface area (Å²) in [5, 5.41) is 13.7. The van der Waals surface area contributed by atoms with Crippen LogP contribution in [0.4, 0.5) is 16.2 Å². The zero-order chi connectivity index (χ0) is 14.5. The third kappa shape index (κ3) is 3.26. The smallest absolute Gasteiger partial charge is 0.321 e. The number of rotatable bonds is 2. The quantitative estimate of drug-likeness (QED) is 0.665. The lowest BCUT2D eigenvalue weighted by atomic mass is 10.1. The third-order valence-corrected chi connectivity index (χ3v) is 3.64. The predicted octanol–water partition coefficient (Wildman–Crippen LogP) is 3.31. The van der Waals surface area contributed by atoms with Gasteiger partial charge in [-0.15, -0.1) is 0 Å². The summed E-state index contributed by atoms with van der Waals surface area (Å²) < 4.78 is 0. The Bertz CT molecular complexity index is 508. The number of carbonyl (C=O) groups excluding carboxylic acids is 1. The van der Waals surface area contributed by atoms with Gasteiger partial charge in [-0.2, -0.15) is 0 Å². The molecule has 0 unspecified atom stereocenters. The summed E-state index contributed by atoms with van der Waals surface area (Å²) in [4.78, 5) is 24.4. The Morgan fingerprint density at radius 1 is 1.25 bits per heavy atom. The Hall–Kier alpha value is -2.11. The van der Waals surface area contributed by atoms with Gasteiger partial charge in [-0.3, -0.25) is 10.1 Å². The number of amides is 2. The van der Waals surface area contributed by atoms with E-state index in [0.29, 0.717) is 11.3 Å². The zero-order valence-corrected chi connectivity index (χ0v) is 11.6. The number of hydrogen-bond donors (Lipinski definition) is 1. The number of urea groups is 1. The van der Waals surface area contributed by atoms with Crippen molar-refractivity contribution in [3.63, 3.8) is 0 Å². The van der Waals surface area contributed by atoms with Crippen LogP contribution in [-0.4, -0.2) is 28.9 Å². The number of nitrogens with one attached hydrogen (secondary N) is 1. The molecule has 20 heavy (non-hydrogen) atoms. The Morgan fingerprint density at radius 3 is 2.50 bits per heavy atom. The molecule has 0 bridgehead atoms. The monoisotopic (exact) mass is 277 g/mol. The molecule has 0 radical (unpaired) electrons. The first-order chi connectivity index (χ1) is 9.59. The van der Waals surface area contributed by atoms with Gasteiger partial charge in [-0.1, -0.05) is 18.9 Å². The number of nitrogens with zero attached hydrogens (tertiary/aromatic N) is 2. The molecule has 0 spiro atoms. The maximum atomic E-state index is 12.2. The molecule has 6 heteroatoms. The van der Waals surface area contributed by atoms with Gasteiger partial charge in [0.2, 0.25) is 0 Å². The fourth-order valence-electron chi connectivity index (χ4n) is 2.42. The van der Waals surface area contributed by atoms with Crippen molar-refractivity contribution < 1.29 is 9.72 Å². The summed E-state index contributed by atoms with van der Waals surface area (Å²) in [7, 11) is 0. The summed E-state index contributed by atoms with van der Waals surface area (Å²) in [5.74, 6) is 0. The fraction of sp³-hybridized carbons (Fsp3) is 0.500. The molecule has 1 heterocycles. The predicted molar refractivity (Wildman–Crippen MR) is 76.9 cm³/mol. The Balaban J connectivity index is 2.11. The van der Waals surface area contributed by atoms with Crippen molar-refractivity contribution in [3.05, 3.63) is 33.9 Å². The molecule has 0 saturated carbocycles. The molecule has 2 amide bonds. The van der Waals surface area contributed by atoms with Crippen LogP contribution in [0.1, 0.15) is 31.2 Å². The minimum Gasteiger partial charge on any atom is -0.325 e. The van der Waals surface area contributed by atoms with Crippen LogP contribution in [0.25, 0.3) is 0 Å². The number of likely N-dealkylation sites (tertiary alicyclic amines) is 1. The van der Waals surface area contributed by atoms with Crippen molar-refractivity contribution >= 4 is 17.4 Å². The number of anilines is 1. The van der Waals surface area contributed by atoms with Gasteiger partial charge in [0.15, 0.2) is 0 Å². The Kier molecular flexibility index (Phi) is 4.55. The van der Waals surface area contributed by atoms with Crippen molar-refractivity contribution in [1.82, 2.24) is 4.90 Å². The summed E-state index contributed by atoms with van der Waals surface area (Å²) in [6.07, 6.45) is 4.34. The average Bonchev–Trinajstić information content (AvgIpc) is 2.69. The standard InChI is InChI=1S/C14H19N3O3/c1-11-12(7-6-8-13(11)17(19)20)15-14(18)16-9-4-2-3-5-10-16/h6-8H,2-5,9-10H2,1H3,(H,15,18). The summed E-state index contributed by atoms with van der Waals surface area (Å²) >= 11 is 0. The topological polar surface area (TPSA) is 75.5 Å². The van der Waals surface area contributed by atoms with Gasteiger partial charge in [0.05, 0.1) is 16.2 Å². The first-order valence-corrected chi connectivity index (χ1v) is 6.89. The zero-order valence-electron chi connectivity index (χ0n) is 11.6. The molecule has 2 rings (SSSR count). The molecule has 1 aliphatic heterocycles. The molecule has 1 aliphatic rings. The van der Waals surface area contributed by atoms with Crippen LogP contribution < -0.4 is 5.32 Å². The van der Waals surface area contributed by atoms with Crippen LogP contribution in [0.2, 0.25) is 0 Å². The minimum atomic E-state index is -0.434. The summed E-state index contributed by atoms with van der Waals surface area (Å²) in [6, 6.07) is 4.55. The number of nitro benzene ring substituents is 1. The molecular formula is C14H19N3O3. The minimum absolute atomic E-state index is 0.0265. The summed E-state index contributed by atoms with van der Waals surface area (Å²) in [6.45, 7) is 3.15. The first-order valence-electron chi connectivity index (χ1n) is 6.89. The van der Waals surface area contributed by atoms with Crippen molar-refractivity contribution in [1.29, 1.82) is 0 Å². The third-order valence-electron chi connectivity index (χ3n) is 3.64. The lowest BCUT2D eigenvalue weighted by Crippen LogP contribution is -2.35. The van der Waals surface area contributed by atoms with Crippen molar-refractivity contribution in [2.45, 2.75) is 32.6 Å². The van der Waals surface area contributed by atoms with Gasteiger partial charge >= 0.3 is 6.03 Å². The van der Waals surface area contributed by atoms with E-state index in [1.165, 1.54) is 6.07 Å². The van der Waals surface area contributed by atoms with E-state index in [4.69, 9.17) is 0 Å². The van der Waals surface area contributed by atoms with Crippen LogP contribution >= 0.6 is 0 Å². The SMILES string of the molecule is Cc1c(NC(=O)N2CCCCCC2)cccc1[N+](=O)[O-]. The number of benzene rings is 1. The summed E-state index contributed by atoms with van der Waals surface area (Å²) in [5.41, 5.74) is 1.02. The molecule has 108 valence electrons. The average molecular weight is 277 g/mol. The molecular weight excluding hydrogens is 258 g/mol. The Morgan fingerprint density at radius 2 is 1.90 bits per heavy atom. The van der Waals surface area contributed by atoms with E-state index in [0.717, 1.165) is 38.8 Å². The second-order valence-corrected chi connectivity index (χ2v) is 5.04. The van der Waals surface area contributed by atoms with Gasteiger partial charge in [0, 0.05) is 19.2 Å². The van der Waals surface area contributed by atoms with E-state index in [9.17, 15) is 14.9 Å². The Labute approximate surface area is 117 Å². The van der Waals surface area contributed by atoms with Crippen molar-refractivity contribution in [2.75, 3.05) is 18.4 Å². The van der Waals surface area contributed by atoms with E-state index in [2.05, 4.69) is 5.32 Å². The molecule has 1 aromatic rings. The van der Waals surface area contributed by atoms with Gasteiger partial charge in [0.25, 0.3) is 5.69 Å². The molecule has 1 saturated heterocycles. The van der Waals surface area contributed by atoms with E-state index < -0.39 is 4.92 Å². The van der Waals surface area contributed by atoms with Crippen LogP contribution in [0, 0.1) is 17.0 Å². The van der Waals surface area contributed by atoms with Crippen molar-refractivity contribution in [3.8, 4) is 0 Å². The highest BCUT2D eigenvalue weighted by Gasteiger charge is 2.18. The highest BCUT2D eigenvalue weighted by molar-refractivity contribution is 5.90. The molecule has 0 aliphatic carbocycles. The largest absolute Gasteiger partial charge is 0.325 e. The number of carbonyl (C=O) groups is 1. The van der Waals surface area contributed by atoms with Gasteiger partial charge in [-0.05, 0) is 25.8 Å². The van der Waals surface area contributed by atoms with Crippen LogP contribution in [0.3, 0.4) is 0 Å². The maximum absolute atomic E-state index is 12.2. The maximum Gasteiger partial charge on any atom is 0.321 e. The molecule has 1 aromatic carbocycles. The first kappa shape index (κ1) is 14.3. The lowest BCUT2D eigenvalue weighted by Gasteiger charge is -2.21. The van der Waals surface area contributed by atoms with Gasteiger partial charge in [-0.25, -0.2) is 4.79 Å². The van der Waals surface area contributed by atoms with E-state index in [1.807, 2.05) is 0 Å². The second-order valence-electron chi connectivity index (χ2n) is 5.04.